The number of rotatable bonds is 2. The third-order valence-corrected chi connectivity index (χ3v) is 8.72. The zero-order valence-corrected chi connectivity index (χ0v) is 21.4. The van der Waals surface area contributed by atoms with Crippen molar-refractivity contribution in [2.75, 3.05) is 0 Å². The van der Waals surface area contributed by atoms with Crippen molar-refractivity contribution in [2.45, 2.75) is 38.5 Å². The zero-order valence-electron chi connectivity index (χ0n) is 21.4. The molecule has 174 valence electrons. The summed E-state index contributed by atoms with van der Waals surface area (Å²) < 4.78 is 0. The quantitative estimate of drug-likeness (QED) is 0.245. The summed E-state index contributed by atoms with van der Waals surface area (Å²) in [6, 6.07) is 40.8. The van der Waals surface area contributed by atoms with Crippen LogP contribution in [0.25, 0.3) is 44.5 Å². The van der Waals surface area contributed by atoms with E-state index >= 15 is 0 Å². The maximum absolute atomic E-state index is 2.40. The minimum Gasteiger partial charge on any atom is -0.0619 e. The Hall–Kier alpha value is -3.90. The molecule has 0 amide bonds. The van der Waals surface area contributed by atoms with Crippen LogP contribution in [0.4, 0.5) is 0 Å². The smallest absolute Gasteiger partial charge is 0.0159 e. The van der Waals surface area contributed by atoms with E-state index in [1.54, 1.807) is 0 Å². The Balaban J connectivity index is 1.24. The van der Waals surface area contributed by atoms with Crippen LogP contribution < -0.4 is 0 Å². The molecule has 0 atom stereocenters. The number of hydrogen-bond donors (Lipinski definition) is 0. The molecule has 5 aromatic carbocycles. The van der Waals surface area contributed by atoms with Gasteiger partial charge in [0, 0.05) is 10.8 Å². The molecular weight excluding hydrogens is 432 g/mol. The molecule has 36 heavy (non-hydrogen) atoms. The zero-order chi connectivity index (χ0) is 24.7. The van der Waals surface area contributed by atoms with Gasteiger partial charge in [-0.1, -0.05) is 125 Å². The van der Waals surface area contributed by atoms with Crippen molar-refractivity contribution in [3.8, 4) is 44.5 Å². The van der Waals surface area contributed by atoms with Gasteiger partial charge in [-0.25, -0.2) is 0 Å². The lowest BCUT2D eigenvalue weighted by Gasteiger charge is -2.22. The van der Waals surface area contributed by atoms with Gasteiger partial charge in [-0.15, -0.1) is 0 Å². The van der Waals surface area contributed by atoms with Crippen LogP contribution in [0.5, 0.6) is 0 Å². The average molecular weight is 463 g/mol. The molecule has 0 radical (unpaired) electrons. The average Bonchev–Trinajstić information content (AvgIpc) is 3.28. The van der Waals surface area contributed by atoms with Crippen molar-refractivity contribution < 1.29 is 0 Å². The van der Waals surface area contributed by atoms with E-state index in [1.165, 1.54) is 66.8 Å². The molecular formula is C36H30. The van der Waals surface area contributed by atoms with Gasteiger partial charge in [0.1, 0.15) is 0 Å². The van der Waals surface area contributed by atoms with Crippen molar-refractivity contribution in [2.24, 2.45) is 0 Å². The first-order valence-electron chi connectivity index (χ1n) is 13.0. The summed E-state index contributed by atoms with van der Waals surface area (Å²) in [5, 5.41) is 0. The second-order valence-corrected chi connectivity index (χ2v) is 11.4. The first-order chi connectivity index (χ1) is 17.4. The van der Waals surface area contributed by atoms with Crippen LogP contribution in [0.15, 0.2) is 109 Å². The van der Waals surface area contributed by atoms with Gasteiger partial charge in [-0.3, -0.25) is 0 Å². The van der Waals surface area contributed by atoms with Crippen molar-refractivity contribution in [1.29, 1.82) is 0 Å². The summed E-state index contributed by atoms with van der Waals surface area (Å²) in [4.78, 5) is 0. The van der Waals surface area contributed by atoms with Gasteiger partial charge >= 0.3 is 0 Å². The first kappa shape index (κ1) is 21.4. The molecule has 5 aromatic rings. The van der Waals surface area contributed by atoms with Crippen LogP contribution in [-0.2, 0) is 10.8 Å². The normalized spacial score (nSPS) is 15.7. The molecule has 0 fully saturated rings. The van der Waals surface area contributed by atoms with Gasteiger partial charge in [0.2, 0.25) is 0 Å². The summed E-state index contributed by atoms with van der Waals surface area (Å²) >= 11 is 0. The first-order valence-corrected chi connectivity index (χ1v) is 13.0. The Morgan fingerprint density at radius 2 is 0.667 bits per heavy atom. The summed E-state index contributed by atoms with van der Waals surface area (Å²) in [6.45, 7) is 9.38. The van der Waals surface area contributed by atoms with E-state index in [4.69, 9.17) is 0 Å². The molecule has 2 aliphatic carbocycles. The third-order valence-electron chi connectivity index (χ3n) is 8.72. The van der Waals surface area contributed by atoms with E-state index in [1.807, 2.05) is 0 Å². The highest BCUT2D eigenvalue weighted by molar-refractivity contribution is 5.85. The van der Waals surface area contributed by atoms with Gasteiger partial charge in [0.25, 0.3) is 0 Å². The van der Waals surface area contributed by atoms with E-state index in [9.17, 15) is 0 Å². The topological polar surface area (TPSA) is 0 Å². The molecule has 0 nitrogen and oxygen atoms in total. The summed E-state index contributed by atoms with van der Waals surface area (Å²) in [7, 11) is 0. The highest BCUT2D eigenvalue weighted by atomic mass is 14.4. The van der Waals surface area contributed by atoms with Gasteiger partial charge in [0.05, 0.1) is 0 Å². The SMILES string of the molecule is CC1(C)c2ccccc2-c2ccc(-c3ccc(-c4ccc5c(c4)C(C)(C)c4ccccc4-5)cc3)cc21. The van der Waals surface area contributed by atoms with Gasteiger partial charge < -0.3 is 0 Å². The Kier molecular flexibility index (Phi) is 4.34. The van der Waals surface area contributed by atoms with E-state index in [-0.39, 0.29) is 10.8 Å². The predicted octanol–water partition coefficient (Wildman–Crippen LogP) is 9.63. The van der Waals surface area contributed by atoms with Crippen LogP contribution in [0.1, 0.15) is 49.9 Å². The van der Waals surface area contributed by atoms with Crippen molar-refractivity contribution in [3.63, 3.8) is 0 Å². The molecule has 0 aromatic heterocycles. The van der Waals surface area contributed by atoms with Crippen molar-refractivity contribution >= 4 is 0 Å². The summed E-state index contributed by atoms with van der Waals surface area (Å²) in [6.07, 6.45) is 0. The number of hydrogen-bond acceptors (Lipinski definition) is 0. The predicted molar refractivity (Wildman–Crippen MR) is 152 cm³/mol. The lowest BCUT2D eigenvalue weighted by atomic mass is 9.81. The maximum atomic E-state index is 2.40. The largest absolute Gasteiger partial charge is 0.0619 e. The van der Waals surface area contributed by atoms with E-state index < -0.39 is 0 Å². The summed E-state index contributed by atoms with van der Waals surface area (Å²) in [5.74, 6) is 0. The Morgan fingerprint density at radius 1 is 0.333 bits per heavy atom. The number of benzene rings is 5. The third kappa shape index (κ3) is 2.88. The molecule has 0 aliphatic heterocycles. The van der Waals surface area contributed by atoms with Crippen LogP contribution in [0, 0.1) is 0 Å². The highest BCUT2D eigenvalue weighted by Crippen LogP contribution is 2.51. The standard InChI is InChI=1S/C36H30/c1-35(2)31-11-7-5-9-27(31)29-19-17-25(21-33(29)35)23-13-15-24(16-14-23)26-18-20-30-28-10-6-8-12-32(28)36(3,4)34(30)22-26/h5-22H,1-4H3. The molecule has 0 saturated carbocycles. The fourth-order valence-corrected chi connectivity index (χ4v) is 6.62. The minimum atomic E-state index is 0.0245. The molecule has 0 heteroatoms. The van der Waals surface area contributed by atoms with Crippen LogP contribution in [0.3, 0.4) is 0 Å². The van der Waals surface area contributed by atoms with Crippen LogP contribution in [-0.4, -0.2) is 0 Å². The van der Waals surface area contributed by atoms with E-state index in [2.05, 4.69) is 137 Å². The molecule has 0 unspecified atom stereocenters. The molecule has 0 N–H and O–H groups in total. The van der Waals surface area contributed by atoms with Crippen molar-refractivity contribution in [1.82, 2.24) is 0 Å². The minimum absolute atomic E-state index is 0.0245. The fraction of sp³-hybridized carbons (Fsp3) is 0.167. The van der Waals surface area contributed by atoms with Gasteiger partial charge in [-0.2, -0.15) is 0 Å². The highest BCUT2D eigenvalue weighted by Gasteiger charge is 2.36. The Morgan fingerprint density at radius 3 is 1.08 bits per heavy atom. The fourth-order valence-electron chi connectivity index (χ4n) is 6.62. The molecule has 0 bridgehead atoms. The summed E-state index contributed by atoms with van der Waals surface area (Å²) in [5.41, 5.74) is 16.3. The molecule has 2 aliphatic rings. The maximum Gasteiger partial charge on any atom is 0.0159 e. The van der Waals surface area contributed by atoms with Gasteiger partial charge in [-0.05, 0) is 78.9 Å². The van der Waals surface area contributed by atoms with Crippen molar-refractivity contribution in [3.05, 3.63) is 131 Å². The molecule has 0 heterocycles. The van der Waals surface area contributed by atoms with Crippen LogP contribution >= 0.6 is 0 Å². The Bertz CT molecular complexity index is 1540. The lowest BCUT2D eigenvalue weighted by molar-refractivity contribution is 0.660. The van der Waals surface area contributed by atoms with Gasteiger partial charge in [0.15, 0.2) is 0 Å². The molecule has 0 spiro atoms. The number of fused-ring (bicyclic) bond motifs is 6. The lowest BCUT2D eigenvalue weighted by Crippen LogP contribution is -2.14. The monoisotopic (exact) mass is 462 g/mol. The molecule has 7 rings (SSSR count). The van der Waals surface area contributed by atoms with E-state index in [0.717, 1.165) is 0 Å². The second kappa shape index (κ2) is 7.31. The van der Waals surface area contributed by atoms with E-state index in [0.29, 0.717) is 0 Å². The second-order valence-electron chi connectivity index (χ2n) is 11.4. The molecule has 0 saturated heterocycles. The Labute approximate surface area is 214 Å². The van der Waals surface area contributed by atoms with Crippen LogP contribution in [0.2, 0.25) is 0 Å².